The van der Waals surface area contributed by atoms with Gasteiger partial charge < -0.3 is 15.2 Å². The molecule has 0 radical (unpaired) electrons. The van der Waals surface area contributed by atoms with Crippen molar-refractivity contribution in [2.24, 2.45) is 5.92 Å². The Morgan fingerprint density at radius 2 is 2.19 bits per heavy atom. The maximum atomic E-state index is 11.6. The van der Waals surface area contributed by atoms with E-state index in [1.807, 2.05) is 20.8 Å². The molecule has 94 valence electrons. The highest BCUT2D eigenvalue weighted by Crippen LogP contribution is 2.18. The van der Waals surface area contributed by atoms with Gasteiger partial charge in [-0.3, -0.25) is 4.79 Å². The Morgan fingerprint density at radius 1 is 1.50 bits per heavy atom. The number of aliphatic hydroxyl groups excluding tert-OH is 1. The van der Waals surface area contributed by atoms with Crippen LogP contribution in [-0.2, 0) is 9.53 Å². The summed E-state index contributed by atoms with van der Waals surface area (Å²) in [7, 11) is 0. The summed E-state index contributed by atoms with van der Waals surface area (Å²) in [5.41, 5.74) is 0. The lowest BCUT2D eigenvalue weighted by molar-refractivity contribution is -0.131. The van der Waals surface area contributed by atoms with Crippen LogP contribution in [0.1, 0.15) is 40.0 Å². The van der Waals surface area contributed by atoms with E-state index in [0.29, 0.717) is 13.0 Å². The van der Waals surface area contributed by atoms with Crippen LogP contribution in [0.3, 0.4) is 0 Å². The summed E-state index contributed by atoms with van der Waals surface area (Å²) in [5.74, 6) is 0.194. The summed E-state index contributed by atoms with van der Waals surface area (Å²) in [6.45, 7) is 6.44. The van der Waals surface area contributed by atoms with Gasteiger partial charge in [0, 0.05) is 6.54 Å². The predicted octanol–water partition coefficient (Wildman–Crippen LogP) is 1.08. The average Bonchev–Trinajstić information content (AvgIpc) is 2.64. The van der Waals surface area contributed by atoms with Gasteiger partial charge in [0.15, 0.2) is 0 Å². The largest absolute Gasteiger partial charge is 0.393 e. The van der Waals surface area contributed by atoms with Gasteiger partial charge >= 0.3 is 0 Å². The highest BCUT2D eigenvalue weighted by atomic mass is 16.5. The SMILES string of the molecule is CC1CCC(C(=O)NCCC(O)C(C)C)O1. The van der Waals surface area contributed by atoms with Gasteiger partial charge in [-0.05, 0) is 32.1 Å². The molecule has 4 nitrogen and oxygen atoms in total. The zero-order valence-electron chi connectivity index (χ0n) is 10.4. The van der Waals surface area contributed by atoms with Crippen molar-refractivity contribution >= 4 is 5.91 Å². The molecular formula is C12H23NO3. The summed E-state index contributed by atoms with van der Waals surface area (Å²) >= 11 is 0. The molecule has 0 bridgehead atoms. The van der Waals surface area contributed by atoms with Gasteiger partial charge in [-0.1, -0.05) is 13.8 Å². The molecule has 0 aliphatic carbocycles. The van der Waals surface area contributed by atoms with Crippen LogP contribution in [0.25, 0.3) is 0 Å². The fraction of sp³-hybridized carbons (Fsp3) is 0.917. The lowest BCUT2D eigenvalue weighted by Gasteiger charge is -2.16. The molecule has 2 N–H and O–H groups in total. The highest BCUT2D eigenvalue weighted by molar-refractivity contribution is 5.80. The number of hydrogen-bond acceptors (Lipinski definition) is 3. The summed E-state index contributed by atoms with van der Waals surface area (Å²) in [4.78, 5) is 11.6. The third-order valence-corrected chi connectivity index (χ3v) is 3.03. The number of ether oxygens (including phenoxy) is 1. The Labute approximate surface area is 97.4 Å². The summed E-state index contributed by atoms with van der Waals surface area (Å²) in [6, 6.07) is 0. The molecule has 4 heteroatoms. The van der Waals surface area contributed by atoms with Crippen LogP contribution in [0.4, 0.5) is 0 Å². The van der Waals surface area contributed by atoms with E-state index >= 15 is 0 Å². The Hall–Kier alpha value is -0.610. The van der Waals surface area contributed by atoms with Gasteiger partial charge in [-0.25, -0.2) is 0 Å². The van der Waals surface area contributed by atoms with Gasteiger partial charge in [0.1, 0.15) is 6.10 Å². The molecule has 0 aromatic rings. The van der Waals surface area contributed by atoms with Crippen molar-refractivity contribution in [1.29, 1.82) is 0 Å². The van der Waals surface area contributed by atoms with Crippen LogP contribution in [0, 0.1) is 5.92 Å². The third-order valence-electron chi connectivity index (χ3n) is 3.03. The molecule has 3 unspecified atom stereocenters. The van der Waals surface area contributed by atoms with E-state index in [4.69, 9.17) is 4.74 Å². The Bertz CT molecular complexity index is 230. The monoisotopic (exact) mass is 229 g/mol. The first-order chi connectivity index (χ1) is 7.50. The van der Waals surface area contributed by atoms with Crippen molar-refractivity contribution in [2.75, 3.05) is 6.54 Å². The summed E-state index contributed by atoms with van der Waals surface area (Å²) in [6.07, 6.45) is 1.92. The van der Waals surface area contributed by atoms with Gasteiger partial charge in [0.05, 0.1) is 12.2 Å². The van der Waals surface area contributed by atoms with E-state index in [1.165, 1.54) is 0 Å². The second-order valence-electron chi connectivity index (χ2n) is 4.90. The maximum absolute atomic E-state index is 11.6. The molecule has 1 fully saturated rings. The normalized spacial score (nSPS) is 27.1. The number of carbonyl (C=O) groups is 1. The van der Waals surface area contributed by atoms with Crippen molar-refractivity contribution in [2.45, 2.75) is 58.3 Å². The third kappa shape index (κ3) is 4.10. The molecule has 16 heavy (non-hydrogen) atoms. The quantitative estimate of drug-likeness (QED) is 0.741. The smallest absolute Gasteiger partial charge is 0.249 e. The first-order valence-corrected chi connectivity index (χ1v) is 6.12. The van der Waals surface area contributed by atoms with Crippen LogP contribution in [-0.4, -0.2) is 35.9 Å². The van der Waals surface area contributed by atoms with Crippen LogP contribution >= 0.6 is 0 Å². The lowest BCUT2D eigenvalue weighted by atomic mass is 10.0. The van der Waals surface area contributed by atoms with Crippen molar-refractivity contribution in [3.63, 3.8) is 0 Å². The zero-order chi connectivity index (χ0) is 12.1. The minimum atomic E-state index is -0.344. The fourth-order valence-corrected chi connectivity index (χ4v) is 1.79. The number of aliphatic hydroxyl groups is 1. The molecule has 1 rings (SSSR count). The van der Waals surface area contributed by atoms with E-state index in [-0.39, 0.29) is 30.1 Å². The maximum Gasteiger partial charge on any atom is 0.249 e. The Kier molecular flexibility index (Phi) is 5.22. The Balaban J connectivity index is 2.15. The van der Waals surface area contributed by atoms with E-state index in [1.54, 1.807) is 0 Å². The molecule has 1 saturated heterocycles. The molecule has 1 amide bonds. The first-order valence-electron chi connectivity index (χ1n) is 6.12. The van der Waals surface area contributed by atoms with E-state index in [2.05, 4.69) is 5.32 Å². The minimum absolute atomic E-state index is 0.0414. The molecule has 0 spiro atoms. The molecule has 1 heterocycles. The van der Waals surface area contributed by atoms with Gasteiger partial charge in [-0.15, -0.1) is 0 Å². The lowest BCUT2D eigenvalue weighted by Crippen LogP contribution is -2.36. The molecule has 1 aliphatic rings. The summed E-state index contributed by atoms with van der Waals surface area (Å²) < 4.78 is 5.45. The Morgan fingerprint density at radius 3 is 2.69 bits per heavy atom. The van der Waals surface area contributed by atoms with Gasteiger partial charge in [-0.2, -0.15) is 0 Å². The van der Waals surface area contributed by atoms with Crippen molar-refractivity contribution in [3.8, 4) is 0 Å². The number of amides is 1. The number of hydrogen-bond donors (Lipinski definition) is 2. The fourth-order valence-electron chi connectivity index (χ4n) is 1.79. The number of nitrogens with one attached hydrogen (secondary N) is 1. The van der Waals surface area contributed by atoms with Crippen molar-refractivity contribution in [1.82, 2.24) is 5.32 Å². The molecule has 0 aromatic heterocycles. The summed E-state index contributed by atoms with van der Waals surface area (Å²) in [5, 5.41) is 12.4. The molecular weight excluding hydrogens is 206 g/mol. The average molecular weight is 229 g/mol. The van der Waals surface area contributed by atoms with Gasteiger partial charge in [0.25, 0.3) is 0 Å². The topological polar surface area (TPSA) is 58.6 Å². The van der Waals surface area contributed by atoms with Crippen LogP contribution in [0.15, 0.2) is 0 Å². The van der Waals surface area contributed by atoms with E-state index < -0.39 is 0 Å². The molecule has 1 aliphatic heterocycles. The van der Waals surface area contributed by atoms with Crippen LogP contribution in [0.5, 0.6) is 0 Å². The second-order valence-corrected chi connectivity index (χ2v) is 4.90. The predicted molar refractivity (Wildman–Crippen MR) is 62.0 cm³/mol. The molecule has 3 atom stereocenters. The zero-order valence-corrected chi connectivity index (χ0v) is 10.4. The highest BCUT2D eigenvalue weighted by Gasteiger charge is 2.27. The van der Waals surface area contributed by atoms with Crippen molar-refractivity contribution in [3.05, 3.63) is 0 Å². The van der Waals surface area contributed by atoms with E-state index in [9.17, 15) is 9.90 Å². The number of rotatable bonds is 5. The minimum Gasteiger partial charge on any atom is -0.393 e. The van der Waals surface area contributed by atoms with E-state index in [0.717, 1.165) is 12.8 Å². The molecule has 0 aromatic carbocycles. The first kappa shape index (κ1) is 13.5. The van der Waals surface area contributed by atoms with Gasteiger partial charge in [0.2, 0.25) is 5.91 Å². The van der Waals surface area contributed by atoms with Crippen LogP contribution in [0.2, 0.25) is 0 Å². The van der Waals surface area contributed by atoms with Crippen LogP contribution < -0.4 is 5.32 Å². The standard InChI is InChI=1S/C12H23NO3/c1-8(2)10(14)6-7-13-12(15)11-5-4-9(3)16-11/h8-11,14H,4-7H2,1-3H3,(H,13,15). The van der Waals surface area contributed by atoms with Crippen molar-refractivity contribution < 1.29 is 14.6 Å². The second kappa shape index (κ2) is 6.21. The molecule has 0 saturated carbocycles. The number of carbonyl (C=O) groups excluding carboxylic acids is 1.